The van der Waals surface area contributed by atoms with Crippen LogP contribution in [0.15, 0.2) is 79.0 Å². The number of carbonyl (C=O) groups excluding carboxylic acids is 1. The van der Waals surface area contributed by atoms with Crippen molar-refractivity contribution in [1.82, 2.24) is 15.2 Å². The van der Waals surface area contributed by atoms with E-state index in [4.69, 9.17) is 4.74 Å². The molecular weight excluding hydrogens is 398 g/mol. The first-order valence-electron chi connectivity index (χ1n) is 11.3. The summed E-state index contributed by atoms with van der Waals surface area (Å²) < 4.78 is 5.55. The van der Waals surface area contributed by atoms with Gasteiger partial charge in [-0.3, -0.25) is 14.7 Å². The number of hydrogen-bond acceptors (Lipinski definition) is 4. The van der Waals surface area contributed by atoms with E-state index in [0.717, 1.165) is 49.5 Å². The number of carbonyl (C=O) groups is 1. The van der Waals surface area contributed by atoms with Gasteiger partial charge < -0.3 is 10.1 Å². The van der Waals surface area contributed by atoms with E-state index >= 15 is 0 Å². The van der Waals surface area contributed by atoms with Crippen LogP contribution in [0.5, 0.6) is 5.75 Å². The highest BCUT2D eigenvalue weighted by Gasteiger charge is 2.30. The maximum absolute atomic E-state index is 12.9. The molecule has 2 atom stereocenters. The Labute approximate surface area is 190 Å². The van der Waals surface area contributed by atoms with Crippen molar-refractivity contribution in [3.63, 3.8) is 0 Å². The molecule has 1 saturated heterocycles. The van der Waals surface area contributed by atoms with Crippen LogP contribution in [0.1, 0.15) is 35.7 Å². The molecule has 1 fully saturated rings. The lowest BCUT2D eigenvalue weighted by Gasteiger charge is -2.37. The maximum atomic E-state index is 12.9. The fourth-order valence-corrected chi connectivity index (χ4v) is 4.58. The van der Waals surface area contributed by atoms with Crippen molar-refractivity contribution < 1.29 is 9.53 Å². The minimum atomic E-state index is -0.104. The van der Waals surface area contributed by atoms with Crippen molar-refractivity contribution in [2.24, 2.45) is 5.92 Å². The van der Waals surface area contributed by atoms with E-state index in [1.54, 1.807) is 13.3 Å². The minimum Gasteiger partial charge on any atom is -0.496 e. The van der Waals surface area contributed by atoms with Gasteiger partial charge in [0, 0.05) is 24.8 Å². The topological polar surface area (TPSA) is 54.5 Å². The second-order valence-corrected chi connectivity index (χ2v) is 8.41. The molecule has 4 rings (SSSR count). The van der Waals surface area contributed by atoms with Crippen LogP contribution in [0.25, 0.3) is 0 Å². The number of piperidine rings is 1. The Hall–Kier alpha value is -3.18. The summed E-state index contributed by atoms with van der Waals surface area (Å²) in [5.41, 5.74) is 3.14. The average molecular weight is 430 g/mol. The van der Waals surface area contributed by atoms with Gasteiger partial charge in [0.15, 0.2) is 0 Å². The summed E-state index contributed by atoms with van der Waals surface area (Å²) in [5.74, 6) is 1.26. The summed E-state index contributed by atoms with van der Waals surface area (Å²) in [7, 11) is 1.72. The summed E-state index contributed by atoms with van der Waals surface area (Å²) >= 11 is 0. The van der Waals surface area contributed by atoms with Crippen LogP contribution in [-0.4, -0.2) is 36.0 Å². The Morgan fingerprint density at radius 2 is 1.88 bits per heavy atom. The SMILES string of the molecule is COc1ccccc1CN1CCC[C@H]([C@H](NC(=O)Cc2ccccc2)c2ccccn2)C1. The first kappa shape index (κ1) is 22.0. The van der Waals surface area contributed by atoms with Crippen molar-refractivity contribution in [2.75, 3.05) is 20.2 Å². The lowest BCUT2D eigenvalue weighted by Crippen LogP contribution is -2.43. The number of rotatable bonds is 8. The molecule has 1 aliphatic heterocycles. The van der Waals surface area contributed by atoms with Crippen molar-refractivity contribution in [2.45, 2.75) is 31.8 Å². The average Bonchev–Trinajstić information content (AvgIpc) is 2.84. The maximum Gasteiger partial charge on any atom is 0.224 e. The number of nitrogens with zero attached hydrogens (tertiary/aromatic N) is 2. The minimum absolute atomic E-state index is 0.0358. The Morgan fingerprint density at radius 1 is 1.09 bits per heavy atom. The quantitative estimate of drug-likeness (QED) is 0.577. The zero-order valence-electron chi connectivity index (χ0n) is 18.6. The van der Waals surface area contributed by atoms with E-state index in [2.05, 4.69) is 27.3 Å². The summed E-state index contributed by atoms with van der Waals surface area (Å²) in [6, 6.07) is 23.9. The van der Waals surface area contributed by atoms with E-state index in [1.807, 2.05) is 60.7 Å². The summed E-state index contributed by atoms with van der Waals surface area (Å²) in [4.78, 5) is 20.0. The van der Waals surface area contributed by atoms with Gasteiger partial charge in [-0.25, -0.2) is 0 Å². The molecule has 5 nitrogen and oxygen atoms in total. The molecule has 0 saturated carbocycles. The lowest BCUT2D eigenvalue weighted by atomic mass is 9.88. The second kappa shape index (κ2) is 10.9. The van der Waals surface area contributed by atoms with E-state index < -0.39 is 0 Å². The number of likely N-dealkylation sites (tertiary alicyclic amines) is 1. The van der Waals surface area contributed by atoms with Crippen LogP contribution in [0, 0.1) is 5.92 Å². The molecule has 2 heterocycles. The van der Waals surface area contributed by atoms with Crippen LogP contribution in [0.2, 0.25) is 0 Å². The largest absolute Gasteiger partial charge is 0.496 e. The molecule has 1 aliphatic rings. The third-order valence-corrected chi connectivity index (χ3v) is 6.13. The highest BCUT2D eigenvalue weighted by molar-refractivity contribution is 5.79. The Balaban J connectivity index is 1.48. The van der Waals surface area contributed by atoms with E-state index in [1.165, 1.54) is 5.56 Å². The third kappa shape index (κ3) is 5.74. The number of methoxy groups -OCH3 is 1. The monoisotopic (exact) mass is 429 g/mol. The fourth-order valence-electron chi connectivity index (χ4n) is 4.58. The molecular formula is C27H31N3O2. The van der Waals surface area contributed by atoms with Crippen LogP contribution in [-0.2, 0) is 17.8 Å². The standard InChI is InChI=1S/C27H31N3O2/c1-32-25-15-6-5-12-22(25)19-30-17-9-13-23(20-30)27(24-14-7-8-16-28-24)29-26(31)18-21-10-3-2-4-11-21/h2-8,10-12,14-16,23,27H,9,13,17-20H2,1H3,(H,29,31)/t23-,27-/m0/s1. The second-order valence-electron chi connectivity index (χ2n) is 8.41. The van der Waals surface area contributed by atoms with E-state index in [9.17, 15) is 4.79 Å². The number of amides is 1. The smallest absolute Gasteiger partial charge is 0.224 e. The summed E-state index contributed by atoms with van der Waals surface area (Å²) in [6.45, 7) is 2.79. The highest BCUT2D eigenvalue weighted by atomic mass is 16.5. The molecule has 1 amide bonds. The van der Waals surface area contributed by atoms with Gasteiger partial charge in [0.1, 0.15) is 5.75 Å². The van der Waals surface area contributed by atoms with Gasteiger partial charge >= 0.3 is 0 Å². The third-order valence-electron chi connectivity index (χ3n) is 6.13. The van der Waals surface area contributed by atoms with Crippen LogP contribution in [0.4, 0.5) is 0 Å². The molecule has 0 aliphatic carbocycles. The first-order valence-corrected chi connectivity index (χ1v) is 11.3. The Bertz CT molecular complexity index is 994. The number of benzene rings is 2. The number of hydrogen-bond donors (Lipinski definition) is 1. The van der Waals surface area contributed by atoms with Gasteiger partial charge in [-0.05, 0) is 49.1 Å². The van der Waals surface area contributed by atoms with Crippen molar-refractivity contribution >= 4 is 5.91 Å². The summed E-state index contributed by atoms with van der Waals surface area (Å²) in [5, 5.41) is 3.31. The summed E-state index contributed by atoms with van der Waals surface area (Å²) in [6.07, 6.45) is 4.34. The van der Waals surface area contributed by atoms with Crippen LogP contribution in [0.3, 0.4) is 0 Å². The Kier molecular flexibility index (Phi) is 7.51. The molecule has 3 aromatic rings. The Morgan fingerprint density at radius 3 is 2.66 bits per heavy atom. The lowest BCUT2D eigenvalue weighted by molar-refractivity contribution is -0.121. The molecule has 32 heavy (non-hydrogen) atoms. The highest BCUT2D eigenvalue weighted by Crippen LogP contribution is 2.31. The van der Waals surface area contributed by atoms with Crippen molar-refractivity contribution in [3.8, 4) is 5.75 Å². The molecule has 2 aromatic carbocycles. The fraction of sp³-hybridized carbons (Fsp3) is 0.333. The zero-order chi connectivity index (χ0) is 22.2. The molecule has 0 radical (unpaired) electrons. The number of ether oxygens (including phenoxy) is 1. The first-order chi connectivity index (χ1) is 15.7. The molecule has 5 heteroatoms. The van der Waals surface area contributed by atoms with E-state index in [-0.39, 0.29) is 11.9 Å². The van der Waals surface area contributed by atoms with Crippen LogP contribution >= 0.6 is 0 Å². The molecule has 1 aromatic heterocycles. The molecule has 1 N–H and O–H groups in total. The van der Waals surface area contributed by atoms with Gasteiger partial charge in [-0.15, -0.1) is 0 Å². The predicted octanol–water partition coefficient (Wildman–Crippen LogP) is 4.40. The van der Waals surface area contributed by atoms with Crippen molar-refractivity contribution in [3.05, 3.63) is 95.8 Å². The number of pyridine rings is 1. The van der Waals surface area contributed by atoms with Crippen LogP contribution < -0.4 is 10.1 Å². The molecule has 0 spiro atoms. The van der Waals surface area contributed by atoms with Gasteiger partial charge in [-0.2, -0.15) is 0 Å². The number of para-hydroxylation sites is 1. The number of aromatic nitrogens is 1. The zero-order valence-corrected chi connectivity index (χ0v) is 18.6. The molecule has 0 bridgehead atoms. The molecule has 166 valence electrons. The molecule has 0 unspecified atom stereocenters. The number of nitrogens with one attached hydrogen (secondary N) is 1. The van der Waals surface area contributed by atoms with Gasteiger partial charge in [0.05, 0.1) is 25.3 Å². The van der Waals surface area contributed by atoms with Crippen molar-refractivity contribution in [1.29, 1.82) is 0 Å². The van der Waals surface area contributed by atoms with Gasteiger partial charge in [0.2, 0.25) is 5.91 Å². The van der Waals surface area contributed by atoms with E-state index in [0.29, 0.717) is 12.3 Å². The predicted molar refractivity (Wildman–Crippen MR) is 126 cm³/mol. The normalized spacial score (nSPS) is 17.5. The van der Waals surface area contributed by atoms with Gasteiger partial charge in [0.25, 0.3) is 0 Å². The van der Waals surface area contributed by atoms with Gasteiger partial charge in [-0.1, -0.05) is 54.6 Å².